The number of hydrogen-bond donors (Lipinski definition) is 1. The summed E-state index contributed by atoms with van der Waals surface area (Å²) in [7, 11) is 1.41. The molecule has 1 aromatic rings. The maximum Gasteiger partial charge on any atom is 0.387 e. The molecular formula is C11H15F2NO2. The van der Waals surface area contributed by atoms with Crippen molar-refractivity contribution >= 4 is 0 Å². The van der Waals surface area contributed by atoms with Crippen molar-refractivity contribution in [1.29, 1.82) is 0 Å². The van der Waals surface area contributed by atoms with Gasteiger partial charge in [-0.15, -0.1) is 0 Å². The highest BCUT2D eigenvalue weighted by Gasteiger charge is 2.15. The highest BCUT2D eigenvalue weighted by atomic mass is 19.3. The summed E-state index contributed by atoms with van der Waals surface area (Å²) in [5.41, 5.74) is 6.25. The molecule has 16 heavy (non-hydrogen) atoms. The van der Waals surface area contributed by atoms with Crippen LogP contribution in [0, 0.1) is 0 Å². The van der Waals surface area contributed by atoms with Gasteiger partial charge in [-0.25, -0.2) is 0 Å². The van der Waals surface area contributed by atoms with Gasteiger partial charge in [0.1, 0.15) is 0 Å². The first kappa shape index (κ1) is 12.7. The molecule has 0 aliphatic rings. The molecule has 0 saturated heterocycles. The van der Waals surface area contributed by atoms with Gasteiger partial charge in [0.15, 0.2) is 11.5 Å². The van der Waals surface area contributed by atoms with Crippen LogP contribution in [0.15, 0.2) is 18.2 Å². The predicted molar refractivity (Wildman–Crippen MR) is 57.0 cm³/mol. The second-order valence-electron chi connectivity index (χ2n) is 3.51. The topological polar surface area (TPSA) is 44.5 Å². The lowest BCUT2D eigenvalue weighted by Gasteiger charge is -2.15. The average molecular weight is 231 g/mol. The van der Waals surface area contributed by atoms with Crippen LogP contribution in [0.5, 0.6) is 11.5 Å². The molecule has 0 spiro atoms. The maximum absolute atomic E-state index is 12.2. The summed E-state index contributed by atoms with van der Waals surface area (Å²) in [5, 5.41) is 0. The number of para-hydroxylation sites is 1. The summed E-state index contributed by atoms with van der Waals surface area (Å²) in [5.74, 6) is 0.357. The normalized spacial score (nSPS) is 12.6. The Kier molecular flexibility index (Phi) is 4.49. The van der Waals surface area contributed by atoms with E-state index in [1.807, 2.05) is 0 Å². The summed E-state index contributed by atoms with van der Waals surface area (Å²) in [4.78, 5) is 0. The number of alkyl halides is 2. The highest BCUT2D eigenvalue weighted by molar-refractivity contribution is 5.47. The number of hydrogen-bond acceptors (Lipinski definition) is 3. The third-order valence-electron chi connectivity index (χ3n) is 2.03. The lowest BCUT2D eigenvalue weighted by molar-refractivity contribution is -0.0518. The van der Waals surface area contributed by atoms with Crippen LogP contribution in [0.2, 0.25) is 0 Å². The van der Waals surface area contributed by atoms with Crippen LogP contribution in [0.1, 0.15) is 12.5 Å². The van der Waals surface area contributed by atoms with E-state index < -0.39 is 6.61 Å². The average Bonchev–Trinajstić information content (AvgIpc) is 2.19. The SMILES string of the molecule is COc1cccc(CC(C)N)c1OC(F)F. The van der Waals surface area contributed by atoms with Crippen molar-refractivity contribution in [3.05, 3.63) is 23.8 Å². The summed E-state index contributed by atoms with van der Waals surface area (Å²) >= 11 is 0. The van der Waals surface area contributed by atoms with Crippen molar-refractivity contribution in [3.8, 4) is 11.5 Å². The van der Waals surface area contributed by atoms with Gasteiger partial charge < -0.3 is 15.2 Å². The molecule has 1 unspecified atom stereocenters. The van der Waals surface area contributed by atoms with E-state index in [1.165, 1.54) is 7.11 Å². The Balaban J connectivity index is 3.04. The minimum Gasteiger partial charge on any atom is -0.493 e. The van der Waals surface area contributed by atoms with Crippen molar-refractivity contribution in [2.24, 2.45) is 5.73 Å². The van der Waals surface area contributed by atoms with E-state index in [4.69, 9.17) is 10.5 Å². The zero-order valence-electron chi connectivity index (χ0n) is 9.24. The third-order valence-corrected chi connectivity index (χ3v) is 2.03. The van der Waals surface area contributed by atoms with Gasteiger partial charge in [-0.05, 0) is 25.0 Å². The number of halogens is 2. The molecule has 0 aromatic heterocycles. The van der Waals surface area contributed by atoms with Crippen LogP contribution in [-0.4, -0.2) is 19.8 Å². The van der Waals surface area contributed by atoms with Crippen molar-refractivity contribution in [3.63, 3.8) is 0 Å². The van der Waals surface area contributed by atoms with Crippen LogP contribution in [0.4, 0.5) is 8.78 Å². The van der Waals surface area contributed by atoms with Crippen molar-refractivity contribution in [1.82, 2.24) is 0 Å². The van der Waals surface area contributed by atoms with E-state index in [0.29, 0.717) is 17.7 Å². The third kappa shape index (κ3) is 3.34. The second-order valence-corrected chi connectivity index (χ2v) is 3.51. The fourth-order valence-corrected chi connectivity index (χ4v) is 1.45. The van der Waals surface area contributed by atoms with Crippen molar-refractivity contribution < 1.29 is 18.3 Å². The Morgan fingerprint density at radius 2 is 2.06 bits per heavy atom. The van der Waals surface area contributed by atoms with E-state index in [0.717, 1.165) is 0 Å². The molecule has 0 radical (unpaired) electrons. The van der Waals surface area contributed by atoms with Crippen LogP contribution in [0.25, 0.3) is 0 Å². The molecule has 0 aliphatic carbocycles. The minimum absolute atomic E-state index is 0.0669. The van der Waals surface area contributed by atoms with Gasteiger partial charge in [-0.1, -0.05) is 12.1 Å². The Hall–Kier alpha value is -1.36. The van der Waals surface area contributed by atoms with Crippen LogP contribution in [0.3, 0.4) is 0 Å². The smallest absolute Gasteiger partial charge is 0.387 e. The van der Waals surface area contributed by atoms with Gasteiger partial charge in [-0.3, -0.25) is 0 Å². The zero-order valence-corrected chi connectivity index (χ0v) is 9.24. The molecule has 0 saturated carbocycles. The molecule has 1 aromatic carbocycles. The number of methoxy groups -OCH3 is 1. The first-order valence-electron chi connectivity index (χ1n) is 4.91. The van der Waals surface area contributed by atoms with Gasteiger partial charge in [0.25, 0.3) is 0 Å². The number of nitrogens with two attached hydrogens (primary N) is 1. The molecule has 3 nitrogen and oxygen atoms in total. The van der Waals surface area contributed by atoms with Crippen molar-refractivity contribution in [2.75, 3.05) is 7.11 Å². The molecule has 0 bridgehead atoms. The van der Waals surface area contributed by atoms with Gasteiger partial charge in [0.2, 0.25) is 0 Å². The molecule has 0 fully saturated rings. The quantitative estimate of drug-likeness (QED) is 0.844. The Bertz CT molecular complexity index is 343. The van der Waals surface area contributed by atoms with E-state index in [9.17, 15) is 8.78 Å². The largest absolute Gasteiger partial charge is 0.493 e. The minimum atomic E-state index is -2.87. The Labute approximate surface area is 93.2 Å². The molecule has 0 amide bonds. The number of benzene rings is 1. The standard InChI is InChI=1S/C11H15F2NO2/c1-7(14)6-8-4-3-5-9(15-2)10(8)16-11(12)13/h3-5,7,11H,6,14H2,1-2H3. The van der Waals surface area contributed by atoms with Gasteiger partial charge in [0, 0.05) is 6.04 Å². The Morgan fingerprint density at radius 3 is 2.56 bits per heavy atom. The molecule has 1 atom stereocenters. The predicted octanol–water partition coefficient (Wildman–Crippen LogP) is 2.19. The maximum atomic E-state index is 12.2. The molecule has 2 N–H and O–H groups in total. The van der Waals surface area contributed by atoms with Crippen LogP contribution in [-0.2, 0) is 6.42 Å². The highest BCUT2D eigenvalue weighted by Crippen LogP contribution is 2.32. The summed E-state index contributed by atoms with van der Waals surface area (Å²) in [6, 6.07) is 4.85. The summed E-state index contributed by atoms with van der Waals surface area (Å²) < 4.78 is 33.9. The van der Waals surface area contributed by atoms with E-state index in [-0.39, 0.29) is 11.8 Å². The molecule has 5 heteroatoms. The lowest BCUT2D eigenvalue weighted by atomic mass is 10.1. The Morgan fingerprint density at radius 1 is 1.38 bits per heavy atom. The number of rotatable bonds is 5. The van der Waals surface area contributed by atoms with Gasteiger partial charge in [-0.2, -0.15) is 8.78 Å². The summed E-state index contributed by atoms with van der Waals surface area (Å²) in [6.45, 7) is -1.07. The fourth-order valence-electron chi connectivity index (χ4n) is 1.45. The van der Waals surface area contributed by atoms with Crippen LogP contribution >= 0.6 is 0 Å². The lowest BCUT2D eigenvalue weighted by Crippen LogP contribution is -2.19. The molecule has 0 aliphatic heterocycles. The summed E-state index contributed by atoms with van der Waals surface area (Å²) in [6.07, 6.45) is 0.458. The molecule has 90 valence electrons. The number of ether oxygens (including phenoxy) is 2. The van der Waals surface area contributed by atoms with Crippen molar-refractivity contribution in [2.45, 2.75) is 26.0 Å². The van der Waals surface area contributed by atoms with Gasteiger partial charge in [0.05, 0.1) is 7.11 Å². The zero-order chi connectivity index (χ0) is 12.1. The van der Waals surface area contributed by atoms with Gasteiger partial charge >= 0.3 is 6.61 Å². The van der Waals surface area contributed by atoms with E-state index in [1.54, 1.807) is 25.1 Å². The second kappa shape index (κ2) is 5.65. The van der Waals surface area contributed by atoms with Crippen LogP contribution < -0.4 is 15.2 Å². The molecular weight excluding hydrogens is 216 g/mol. The fraction of sp³-hybridized carbons (Fsp3) is 0.455. The first-order valence-corrected chi connectivity index (χ1v) is 4.91. The van der Waals surface area contributed by atoms with E-state index >= 15 is 0 Å². The monoisotopic (exact) mass is 231 g/mol. The molecule has 0 heterocycles. The molecule has 1 rings (SSSR count). The first-order chi connectivity index (χ1) is 7.54. The van der Waals surface area contributed by atoms with E-state index in [2.05, 4.69) is 4.74 Å².